The van der Waals surface area contributed by atoms with Gasteiger partial charge in [-0.2, -0.15) is 0 Å². The summed E-state index contributed by atoms with van der Waals surface area (Å²) < 4.78 is 0. The number of hydrogen-bond acceptors (Lipinski definition) is 2. The normalized spacial score (nSPS) is 17.2. The van der Waals surface area contributed by atoms with E-state index in [1.54, 1.807) is 0 Å². The molecule has 1 heterocycles. The van der Waals surface area contributed by atoms with Crippen molar-refractivity contribution < 1.29 is 42.3 Å². The summed E-state index contributed by atoms with van der Waals surface area (Å²) in [5.74, 6) is -0.301. The summed E-state index contributed by atoms with van der Waals surface area (Å²) in [7, 11) is 1.48. The van der Waals surface area contributed by atoms with Crippen LogP contribution >= 0.6 is 0 Å². The molecule has 1 aliphatic heterocycles. The first kappa shape index (κ1) is 9.11. The van der Waals surface area contributed by atoms with Gasteiger partial charge >= 0.3 is 0 Å². The van der Waals surface area contributed by atoms with Gasteiger partial charge in [-0.25, -0.2) is 0 Å². The second-order valence-corrected chi connectivity index (χ2v) is 1.70. The molecule has 3 nitrogen and oxygen atoms in total. The first-order valence-electron chi connectivity index (χ1n) is 2.35. The maximum atomic E-state index is 10.5. The van der Waals surface area contributed by atoms with E-state index in [1.165, 1.54) is 13.5 Å². The Hall–Kier alpha value is 0.114. The Balaban J connectivity index is 0.000000640. The average molecular weight is 201 g/mol. The van der Waals surface area contributed by atoms with Crippen LogP contribution < -0.4 is 0 Å². The summed E-state index contributed by atoms with van der Waals surface area (Å²) in [5.41, 5.74) is 0. The molecule has 47 valence electrons. The van der Waals surface area contributed by atoms with Gasteiger partial charge in [-0.15, -0.1) is 0 Å². The van der Waals surface area contributed by atoms with Gasteiger partial charge in [0.05, 0.1) is 5.91 Å². The summed E-state index contributed by atoms with van der Waals surface area (Å²) >= 11 is 0. The van der Waals surface area contributed by atoms with Gasteiger partial charge in [-0.1, -0.05) is 6.42 Å². The van der Waals surface area contributed by atoms with Crippen molar-refractivity contribution in [2.45, 2.75) is 6.42 Å². The minimum Gasteiger partial charge on any atom is -0.313 e. The van der Waals surface area contributed by atoms with E-state index in [0.717, 1.165) is 4.90 Å². The van der Waals surface area contributed by atoms with Crippen LogP contribution in [0.3, 0.4) is 0 Å². The Kier molecular flexibility index (Phi) is 3.37. The summed E-state index contributed by atoms with van der Waals surface area (Å²) in [6, 6.07) is 0. The Morgan fingerprint density at radius 3 is 2.22 bits per heavy atom. The van der Waals surface area contributed by atoms with E-state index in [1.807, 2.05) is 0 Å². The van der Waals surface area contributed by atoms with Crippen molar-refractivity contribution in [1.82, 2.24) is 4.90 Å². The molecular formula is C5H6NO2Y-. The number of rotatable bonds is 0. The number of hydrogen-bond donors (Lipinski definition) is 0. The van der Waals surface area contributed by atoms with Gasteiger partial charge in [-0.05, 0) is 0 Å². The second-order valence-electron chi connectivity index (χ2n) is 1.70. The number of carbonyl (C=O) groups excluding carboxylic acids is 2. The van der Waals surface area contributed by atoms with Crippen molar-refractivity contribution in [3.05, 3.63) is 6.42 Å². The molecule has 0 N–H and O–H groups in total. The molecule has 0 atom stereocenters. The third-order valence-electron chi connectivity index (χ3n) is 1.16. The largest absolute Gasteiger partial charge is 0.313 e. The van der Waals surface area contributed by atoms with Gasteiger partial charge in [0.1, 0.15) is 0 Å². The van der Waals surface area contributed by atoms with Crippen molar-refractivity contribution in [2.24, 2.45) is 0 Å². The molecule has 9 heavy (non-hydrogen) atoms. The molecule has 0 spiro atoms. The van der Waals surface area contributed by atoms with Gasteiger partial charge in [0, 0.05) is 39.8 Å². The van der Waals surface area contributed by atoms with Gasteiger partial charge in [-0.3, -0.25) is 11.2 Å². The average Bonchev–Trinajstić information content (AvgIpc) is 1.98. The number of likely N-dealkylation sites (tertiary alicyclic amines) is 1. The van der Waals surface area contributed by atoms with Gasteiger partial charge in [0.25, 0.3) is 0 Å². The smallest absolute Gasteiger partial charge is 0.199 e. The Bertz CT molecular complexity index is 130. The molecule has 1 rings (SSSR count). The topological polar surface area (TPSA) is 37.4 Å². The summed E-state index contributed by atoms with van der Waals surface area (Å²) in [6.07, 6.45) is 1.65. The van der Waals surface area contributed by atoms with E-state index in [2.05, 4.69) is 0 Å². The van der Waals surface area contributed by atoms with Crippen LogP contribution in [0.25, 0.3) is 0 Å². The van der Waals surface area contributed by atoms with Crippen LogP contribution in [0.5, 0.6) is 0 Å². The monoisotopic (exact) mass is 201 g/mol. The van der Waals surface area contributed by atoms with Crippen LogP contribution in [-0.4, -0.2) is 23.8 Å². The molecule has 0 aromatic rings. The Morgan fingerprint density at radius 2 is 2.11 bits per heavy atom. The van der Waals surface area contributed by atoms with Crippen LogP contribution in [0.2, 0.25) is 0 Å². The molecule has 1 aliphatic rings. The molecule has 0 bridgehead atoms. The third-order valence-corrected chi connectivity index (χ3v) is 1.16. The fourth-order valence-electron chi connectivity index (χ4n) is 0.571. The van der Waals surface area contributed by atoms with E-state index < -0.39 is 0 Å². The molecule has 0 aliphatic carbocycles. The van der Waals surface area contributed by atoms with Crippen LogP contribution in [0.15, 0.2) is 0 Å². The number of amides is 2. The minimum absolute atomic E-state index is 0. The zero-order chi connectivity index (χ0) is 6.15. The van der Waals surface area contributed by atoms with Crippen molar-refractivity contribution in [3.63, 3.8) is 0 Å². The SMILES string of the molecule is CN1C(=O)[CH-]CC1=O.[Y]. The second kappa shape index (κ2) is 3.32. The summed E-state index contributed by atoms with van der Waals surface area (Å²) in [6.45, 7) is 0. The number of carbonyl (C=O) groups is 2. The quantitative estimate of drug-likeness (QED) is 0.394. The zero-order valence-corrected chi connectivity index (χ0v) is 7.96. The molecule has 1 saturated heterocycles. The Labute approximate surface area is 78.7 Å². The predicted octanol–water partition coefficient (Wildman–Crippen LogP) is -0.423. The molecule has 4 heteroatoms. The van der Waals surface area contributed by atoms with Crippen LogP contribution in [-0.2, 0) is 42.3 Å². The molecule has 1 fully saturated rings. The third kappa shape index (κ3) is 1.76. The van der Waals surface area contributed by atoms with E-state index in [9.17, 15) is 9.59 Å². The zero-order valence-electron chi connectivity index (χ0n) is 5.13. The summed E-state index contributed by atoms with van der Waals surface area (Å²) in [5, 5.41) is 0. The van der Waals surface area contributed by atoms with Gasteiger partial charge in [0.15, 0.2) is 5.91 Å². The molecule has 0 unspecified atom stereocenters. The van der Waals surface area contributed by atoms with Gasteiger partial charge in [0.2, 0.25) is 0 Å². The van der Waals surface area contributed by atoms with Crippen LogP contribution in [0.1, 0.15) is 6.42 Å². The number of nitrogens with zero attached hydrogens (tertiary/aromatic N) is 1. The maximum absolute atomic E-state index is 10.5. The van der Waals surface area contributed by atoms with E-state index in [4.69, 9.17) is 0 Å². The van der Waals surface area contributed by atoms with Gasteiger partial charge < -0.3 is 9.69 Å². The molecule has 2 amide bonds. The molecule has 0 saturated carbocycles. The first-order valence-corrected chi connectivity index (χ1v) is 2.35. The Morgan fingerprint density at radius 1 is 1.56 bits per heavy atom. The van der Waals surface area contributed by atoms with Crippen molar-refractivity contribution in [3.8, 4) is 0 Å². The first-order chi connectivity index (χ1) is 3.72. The molecule has 0 aromatic carbocycles. The van der Waals surface area contributed by atoms with E-state index in [0.29, 0.717) is 0 Å². The van der Waals surface area contributed by atoms with Crippen molar-refractivity contribution in [2.75, 3.05) is 7.05 Å². The number of imide groups is 1. The fraction of sp³-hybridized carbons (Fsp3) is 0.400. The molecule has 0 aromatic heterocycles. The molecular weight excluding hydrogens is 195 g/mol. The van der Waals surface area contributed by atoms with Crippen molar-refractivity contribution in [1.29, 1.82) is 0 Å². The fourth-order valence-corrected chi connectivity index (χ4v) is 0.571. The minimum atomic E-state index is -0.185. The van der Waals surface area contributed by atoms with Crippen molar-refractivity contribution >= 4 is 11.8 Å². The van der Waals surface area contributed by atoms with E-state index in [-0.39, 0.29) is 50.9 Å². The summed E-state index contributed by atoms with van der Waals surface area (Å²) in [4.78, 5) is 22.0. The standard InChI is InChI=1S/C5H6NO2.Y/c1-6-4(7)2-3-5(6)8;/h2H,3H2,1H3;/q-1;. The van der Waals surface area contributed by atoms with E-state index >= 15 is 0 Å². The van der Waals surface area contributed by atoms with Crippen LogP contribution in [0, 0.1) is 6.42 Å². The molecule has 1 radical (unpaired) electrons. The predicted molar refractivity (Wildman–Crippen MR) is 26.7 cm³/mol. The maximum Gasteiger partial charge on any atom is 0.199 e. The van der Waals surface area contributed by atoms with Crippen LogP contribution in [0.4, 0.5) is 0 Å².